The van der Waals surface area contributed by atoms with Gasteiger partial charge in [0.1, 0.15) is 12.4 Å². The number of hydrogen-bond donors (Lipinski definition) is 4. The summed E-state index contributed by atoms with van der Waals surface area (Å²) < 4.78 is 11.2. The van der Waals surface area contributed by atoms with Gasteiger partial charge in [-0.15, -0.1) is 0 Å². The topological polar surface area (TPSA) is 125 Å². The van der Waals surface area contributed by atoms with Gasteiger partial charge in [-0.1, -0.05) is 36.4 Å². The van der Waals surface area contributed by atoms with Crippen LogP contribution in [0.15, 0.2) is 42.5 Å². The van der Waals surface area contributed by atoms with Crippen LogP contribution in [-0.4, -0.2) is 66.8 Å². The maximum absolute atomic E-state index is 9.10. The third-order valence-electron chi connectivity index (χ3n) is 3.13. The van der Waals surface area contributed by atoms with Crippen molar-refractivity contribution in [3.8, 4) is 5.75 Å². The van der Waals surface area contributed by atoms with E-state index < -0.39 is 11.9 Å². The number of carboxylic acids is 2. The van der Waals surface area contributed by atoms with Crippen molar-refractivity contribution >= 4 is 22.7 Å². The molecule has 2 aromatic rings. The molecule has 0 bridgehead atoms. The normalized spacial score (nSPS) is 10.0. The van der Waals surface area contributed by atoms with Crippen molar-refractivity contribution in [1.82, 2.24) is 5.32 Å². The van der Waals surface area contributed by atoms with E-state index in [1.807, 2.05) is 24.3 Å². The lowest BCUT2D eigenvalue weighted by atomic mass is 10.1. The SMILES string of the molecule is O=C(O)C(=O)O.OCCNCCOCCOc1cccc2ccccc12. The minimum Gasteiger partial charge on any atom is -0.491 e. The number of ether oxygens (including phenoxy) is 2. The molecule has 8 heteroatoms. The second-order valence-corrected chi connectivity index (χ2v) is 5.02. The highest BCUT2D eigenvalue weighted by Gasteiger charge is 2.04. The molecule has 0 amide bonds. The van der Waals surface area contributed by atoms with Crippen LogP contribution in [0.4, 0.5) is 0 Å². The third kappa shape index (κ3) is 8.43. The third-order valence-corrected chi connectivity index (χ3v) is 3.13. The highest BCUT2D eigenvalue weighted by atomic mass is 16.5. The van der Waals surface area contributed by atoms with Gasteiger partial charge in [-0.05, 0) is 11.5 Å². The molecule has 0 atom stereocenters. The predicted molar refractivity (Wildman–Crippen MR) is 95.5 cm³/mol. The molecule has 0 fully saturated rings. The zero-order chi connectivity index (χ0) is 19.2. The van der Waals surface area contributed by atoms with E-state index in [1.165, 1.54) is 5.39 Å². The number of aliphatic hydroxyl groups is 1. The van der Waals surface area contributed by atoms with Crippen LogP contribution in [0.2, 0.25) is 0 Å². The Morgan fingerprint density at radius 1 is 0.885 bits per heavy atom. The molecule has 0 radical (unpaired) electrons. The lowest BCUT2D eigenvalue weighted by Gasteiger charge is -2.10. The number of aliphatic carboxylic acids is 2. The van der Waals surface area contributed by atoms with Crippen molar-refractivity contribution in [3.63, 3.8) is 0 Å². The van der Waals surface area contributed by atoms with Crippen molar-refractivity contribution in [2.75, 3.05) is 39.5 Å². The molecule has 2 aromatic carbocycles. The van der Waals surface area contributed by atoms with E-state index in [0.29, 0.717) is 26.4 Å². The molecule has 26 heavy (non-hydrogen) atoms. The first kappa shape index (κ1) is 21.4. The molecule has 0 saturated carbocycles. The van der Waals surface area contributed by atoms with Gasteiger partial charge < -0.3 is 30.1 Å². The molecular weight excluding hydrogens is 342 g/mol. The van der Waals surface area contributed by atoms with Gasteiger partial charge in [-0.25, -0.2) is 9.59 Å². The smallest absolute Gasteiger partial charge is 0.414 e. The molecule has 0 aliphatic heterocycles. The molecule has 4 N–H and O–H groups in total. The van der Waals surface area contributed by atoms with E-state index in [4.69, 9.17) is 34.4 Å². The van der Waals surface area contributed by atoms with Gasteiger partial charge in [0, 0.05) is 18.5 Å². The summed E-state index contributed by atoms with van der Waals surface area (Å²) >= 11 is 0. The Bertz CT molecular complexity index is 673. The molecule has 0 saturated heterocycles. The molecule has 0 aliphatic carbocycles. The summed E-state index contributed by atoms with van der Waals surface area (Å²) in [4.78, 5) is 18.2. The first-order valence-electron chi connectivity index (χ1n) is 8.02. The van der Waals surface area contributed by atoms with Crippen LogP contribution in [0.1, 0.15) is 0 Å². The van der Waals surface area contributed by atoms with Crippen molar-refractivity contribution in [2.24, 2.45) is 0 Å². The predicted octanol–water partition coefficient (Wildman–Crippen LogP) is 0.973. The zero-order valence-electron chi connectivity index (χ0n) is 14.3. The first-order chi connectivity index (χ1) is 12.6. The number of rotatable bonds is 9. The van der Waals surface area contributed by atoms with Crippen molar-refractivity contribution in [2.45, 2.75) is 0 Å². The van der Waals surface area contributed by atoms with Crippen LogP contribution < -0.4 is 10.1 Å². The number of hydrogen-bond acceptors (Lipinski definition) is 6. The average Bonchev–Trinajstić information content (AvgIpc) is 2.64. The van der Waals surface area contributed by atoms with Crippen LogP contribution >= 0.6 is 0 Å². The Morgan fingerprint density at radius 2 is 1.58 bits per heavy atom. The Hall–Kier alpha value is -2.68. The molecule has 0 aliphatic rings. The van der Waals surface area contributed by atoms with Crippen LogP contribution in [0, 0.1) is 0 Å². The number of carboxylic acid groups (broad SMARTS) is 2. The van der Waals surface area contributed by atoms with E-state index in [1.54, 1.807) is 0 Å². The quantitative estimate of drug-likeness (QED) is 0.383. The number of nitrogens with one attached hydrogen (secondary N) is 1. The lowest BCUT2D eigenvalue weighted by molar-refractivity contribution is -0.159. The summed E-state index contributed by atoms with van der Waals surface area (Å²) in [6.07, 6.45) is 0. The van der Waals surface area contributed by atoms with Crippen LogP contribution in [-0.2, 0) is 14.3 Å². The molecular formula is C18H23NO7. The highest BCUT2D eigenvalue weighted by Crippen LogP contribution is 2.24. The highest BCUT2D eigenvalue weighted by molar-refractivity contribution is 6.27. The van der Waals surface area contributed by atoms with Gasteiger partial charge in [0.2, 0.25) is 0 Å². The molecule has 8 nitrogen and oxygen atoms in total. The molecule has 0 aromatic heterocycles. The van der Waals surface area contributed by atoms with Crippen molar-refractivity contribution < 1.29 is 34.4 Å². The molecule has 0 unspecified atom stereocenters. The summed E-state index contributed by atoms with van der Waals surface area (Å²) in [5.41, 5.74) is 0. The van der Waals surface area contributed by atoms with Crippen LogP contribution in [0.5, 0.6) is 5.75 Å². The van der Waals surface area contributed by atoms with Gasteiger partial charge in [-0.2, -0.15) is 0 Å². The summed E-state index contributed by atoms with van der Waals surface area (Å²) in [5, 5.41) is 28.7. The standard InChI is InChI=1S/C16H21NO3.C2H2O4/c18-10-8-17-9-11-19-12-13-20-16-7-3-5-14-4-1-2-6-15(14)16;3-1(4)2(5)6/h1-7,17-18H,8-13H2;(H,3,4)(H,5,6). The van der Waals surface area contributed by atoms with E-state index in [2.05, 4.69) is 23.5 Å². The summed E-state index contributed by atoms with van der Waals surface area (Å²) in [6, 6.07) is 14.2. The molecule has 142 valence electrons. The van der Waals surface area contributed by atoms with Crippen molar-refractivity contribution in [1.29, 1.82) is 0 Å². The maximum Gasteiger partial charge on any atom is 0.414 e. The van der Waals surface area contributed by atoms with Gasteiger partial charge >= 0.3 is 11.9 Å². The van der Waals surface area contributed by atoms with Crippen molar-refractivity contribution in [3.05, 3.63) is 42.5 Å². The minimum absolute atomic E-state index is 0.157. The van der Waals surface area contributed by atoms with E-state index >= 15 is 0 Å². The van der Waals surface area contributed by atoms with E-state index in [9.17, 15) is 0 Å². The number of fused-ring (bicyclic) bond motifs is 1. The largest absolute Gasteiger partial charge is 0.491 e. The average molecular weight is 365 g/mol. The Kier molecular flexibility index (Phi) is 10.4. The van der Waals surface area contributed by atoms with E-state index in [0.717, 1.165) is 17.7 Å². The molecule has 0 spiro atoms. The Balaban J connectivity index is 0.000000487. The second-order valence-electron chi connectivity index (χ2n) is 5.02. The van der Waals surface area contributed by atoms with Gasteiger partial charge in [0.15, 0.2) is 0 Å². The summed E-state index contributed by atoms with van der Waals surface area (Å²) in [5.74, 6) is -2.75. The fraction of sp³-hybridized carbons (Fsp3) is 0.333. The molecule has 0 heterocycles. The van der Waals surface area contributed by atoms with Crippen LogP contribution in [0.25, 0.3) is 10.8 Å². The van der Waals surface area contributed by atoms with E-state index in [-0.39, 0.29) is 6.61 Å². The monoisotopic (exact) mass is 365 g/mol. The molecule has 2 rings (SSSR count). The fourth-order valence-corrected chi connectivity index (χ4v) is 1.98. The first-order valence-corrected chi connectivity index (χ1v) is 8.02. The second kappa shape index (κ2) is 12.6. The number of carbonyl (C=O) groups is 2. The van der Waals surface area contributed by atoms with Crippen LogP contribution in [0.3, 0.4) is 0 Å². The Labute approximate surface area is 151 Å². The van der Waals surface area contributed by atoms with Gasteiger partial charge in [-0.3, -0.25) is 0 Å². The zero-order valence-corrected chi connectivity index (χ0v) is 14.3. The minimum atomic E-state index is -1.82. The Morgan fingerprint density at radius 3 is 2.27 bits per heavy atom. The maximum atomic E-state index is 9.10. The fourth-order valence-electron chi connectivity index (χ4n) is 1.98. The van der Waals surface area contributed by atoms with Gasteiger partial charge in [0.05, 0.1) is 19.8 Å². The van der Waals surface area contributed by atoms with Gasteiger partial charge in [0.25, 0.3) is 0 Å². The number of aliphatic hydroxyl groups excluding tert-OH is 1. The summed E-state index contributed by atoms with van der Waals surface area (Å²) in [7, 11) is 0. The lowest BCUT2D eigenvalue weighted by Crippen LogP contribution is -2.23. The number of benzene rings is 2. The summed E-state index contributed by atoms with van der Waals surface area (Å²) in [6.45, 7) is 3.23.